The van der Waals surface area contributed by atoms with E-state index in [1.54, 1.807) is 4.90 Å². The van der Waals surface area contributed by atoms with Gasteiger partial charge in [-0.1, -0.05) is 18.2 Å². The molecule has 0 saturated carbocycles. The van der Waals surface area contributed by atoms with Crippen LogP contribution in [0.25, 0.3) is 0 Å². The number of benzene rings is 1. The monoisotopic (exact) mass is 329 g/mol. The molecule has 2 fully saturated rings. The van der Waals surface area contributed by atoms with E-state index in [1.807, 2.05) is 35.0 Å². The van der Waals surface area contributed by atoms with E-state index in [2.05, 4.69) is 6.07 Å². The van der Waals surface area contributed by atoms with Crippen LogP contribution >= 0.6 is 0 Å². The Morgan fingerprint density at radius 2 is 1.67 bits per heavy atom. The van der Waals surface area contributed by atoms with E-state index in [9.17, 15) is 9.59 Å². The number of hydrogen-bond acceptors (Lipinski definition) is 3. The lowest BCUT2D eigenvalue weighted by atomic mass is 9.73. The number of fused-ring (bicyclic) bond motifs is 2. The number of carbonyl (C=O) groups is 2. The zero-order valence-corrected chi connectivity index (χ0v) is 14.0. The van der Waals surface area contributed by atoms with E-state index >= 15 is 0 Å². The lowest BCUT2D eigenvalue weighted by Gasteiger charge is -2.40. The predicted molar refractivity (Wildman–Crippen MR) is 90.1 cm³/mol. The summed E-state index contributed by atoms with van der Waals surface area (Å²) in [6, 6.07) is 8.13. The third-order valence-electron chi connectivity index (χ3n) is 5.66. The highest BCUT2D eigenvalue weighted by atomic mass is 16.5. The minimum absolute atomic E-state index is 0.0836. The van der Waals surface area contributed by atoms with Gasteiger partial charge in [0.15, 0.2) is 0 Å². The number of carbonyl (C=O) groups excluding carboxylic acids is 2. The SMILES string of the molecule is CN1C(=O)C2(CCN(C(=O)N3CCOCC3)CC2)c2ccccc21. The number of amides is 3. The summed E-state index contributed by atoms with van der Waals surface area (Å²) < 4.78 is 5.32. The van der Waals surface area contributed by atoms with Crippen LogP contribution in [0, 0.1) is 0 Å². The van der Waals surface area contributed by atoms with Gasteiger partial charge in [-0.15, -0.1) is 0 Å². The normalized spacial score (nSPS) is 22.9. The van der Waals surface area contributed by atoms with Gasteiger partial charge in [0.05, 0.1) is 18.6 Å². The highest BCUT2D eigenvalue weighted by molar-refractivity contribution is 6.07. The first kappa shape index (κ1) is 15.4. The molecule has 0 bridgehead atoms. The van der Waals surface area contributed by atoms with Crippen molar-refractivity contribution in [1.29, 1.82) is 0 Å². The van der Waals surface area contributed by atoms with Gasteiger partial charge in [0.25, 0.3) is 0 Å². The molecule has 3 aliphatic rings. The quantitative estimate of drug-likeness (QED) is 0.724. The summed E-state index contributed by atoms with van der Waals surface area (Å²) in [5.41, 5.74) is 1.68. The number of anilines is 1. The molecule has 2 saturated heterocycles. The van der Waals surface area contributed by atoms with Crippen molar-refractivity contribution in [2.45, 2.75) is 18.3 Å². The van der Waals surface area contributed by atoms with Crippen molar-refractivity contribution in [2.75, 3.05) is 51.3 Å². The number of hydrogen-bond donors (Lipinski definition) is 0. The zero-order valence-electron chi connectivity index (χ0n) is 14.0. The van der Waals surface area contributed by atoms with Crippen molar-refractivity contribution < 1.29 is 14.3 Å². The van der Waals surface area contributed by atoms with Crippen LogP contribution in [0.1, 0.15) is 18.4 Å². The number of piperidine rings is 1. The van der Waals surface area contributed by atoms with E-state index in [1.165, 1.54) is 0 Å². The van der Waals surface area contributed by atoms with Gasteiger partial charge in [0.1, 0.15) is 0 Å². The fraction of sp³-hybridized carbons (Fsp3) is 0.556. The summed E-state index contributed by atoms with van der Waals surface area (Å²) in [5, 5.41) is 0. The molecule has 128 valence electrons. The van der Waals surface area contributed by atoms with Gasteiger partial charge in [0.2, 0.25) is 5.91 Å². The van der Waals surface area contributed by atoms with Gasteiger partial charge >= 0.3 is 6.03 Å². The van der Waals surface area contributed by atoms with Crippen LogP contribution in [0.4, 0.5) is 10.5 Å². The molecule has 1 spiro atoms. The summed E-state index contributed by atoms with van der Waals surface area (Å²) in [6.45, 7) is 3.80. The van der Waals surface area contributed by atoms with Crippen LogP contribution in [-0.2, 0) is 14.9 Å². The molecular weight excluding hydrogens is 306 g/mol. The summed E-state index contributed by atoms with van der Waals surface area (Å²) in [6.07, 6.45) is 1.40. The molecule has 3 heterocycles. The molecule has 3 amide bonds. The lowest BCUT2D eigenvalue weighted by molar-refractivity contribution is -0.124. The maximum Gasteiger partial charge on any atom is 0.320 e. The van der Waals surface area contributed by atoms with Gasteiger partial charge in [0, 0.05) is 38.9 Å². The standard InChI is InChI=1S/C18H23N3O3/c1-19-15-5-3-2-4-14(15)18(16(19)22)6-8-20(9-7-18)17(23)21-10-12-24-13-11-21/h2-5H,6-13H2,1H3. The lowest BCUT2D eigenvalue weighted by Crippen LogP contribution is -2.54. The first-order valence-electron chi connectivity index (χ1n) is 8.63. The Morgan fingerprint density at radius 1 is 1.04 bits per heavy atom. The van der Waals surface area contributed by atoms with Crippen molar-refractivity contribution in [2.24, 2.45) is 0 Å². The molecule has 0 aromatic heterocycles. The second kappa shape index (κ2) is 5.77. The van der Waals surface area contributed by atoms with Crippen LogP contribution in [-0.4, -0.2) is 68.2 Å². The van der Waals surface area contributed by atoms with E-state index in [0.717, 1.165) is 11.3 Å². The number of likely N-dealkylation sites (N-methyl/N-ethyl adjacent to an activating group) is 1. The molecule has 6 nitrogen and oxygen atoms in total. The molecule has 0 radical (unpaired) electrons. The summed E-state index contributed by atoms with van der Waals surface area (Å²) in [4.78, 5) is 31.1. The Kier molecular flexibility index (Phi) is 3.72. The van der Waals surface area contributed by atoms with Crippen LogP contribution in [0.15, 0.2) is 24.3 Å². The van der Waals surface area contributed by atoms with Gasteiger partial charge in [-0.25, -0.2) is 4.79 Å². The van der Waals surface area contributed by atoms with Crippen molar-refractivity contribution in [1.82, 2.24) is 9.80 Å². The molecular formula is C18H23N3O3. The van der Waals surface area contributed by atoms with Crippen LogP contribution in [0.3, 0.4) is 0 Å². The number of urea groups is 1. The average molecular weight is 329 g/mol. The third-order valence-corrected chi connectivity index (χ3v) is 5.66. The summed E-state index contributed by atoms with van der Waals surface area (Å²) >= 11 is 0. The maximum absolute atomic E-state index is 12.9. The molecule has 0 N–H and O–H groups in total. The van der Waals surface area contributed by atoms with E-state index in [-0.39, 0.29) is 11.9 Å². The number of para-hydroxylation sites is 1. The van der Waals surface area contributed by atoms with Gasteiger partial charge in [-0.2, -0.15) is 0 Å². The Balaban J connectivity index is 1.51. The summed E-state index contributed by atoms with van der Waals surface area (Å²) in [7, 11) is 1.85. The Labute approximate surface area is 142 Å². The fourth-order valence-electron chi connectivity index (χ4n) is 4.23. The second-order valence-corrected chi connectivity index (χ2v) is 6.83. The second-order valence-electron chi connectivity index (χ2n) is 6.83. The molecule has 0 atom stereocenters. The Bertz CT molecular complexity index is 661. The minimum Gasteiger partial charge on any atom is -0.378 e. The predicted octanol–water partition coefficient (Wildman–Crippen LogP) is 1.45. The summed E-state index contributed by atoms with van der Waals surface area (Å²) in [5.74, 6) is 0.169. The number of ether oxygens (including phenoxy) is 1. The van der Waals surface area contributed by atoms with E-state index < -0.39 is 5.41 Å². The van der Waals surface area contributed by atoms with Crippen molar-refractivity contribution >= 4 is 17.6 Å². The number of nitrogens with zero attached hydrogens (tertiary/aromatic N) is 3. The van der Waals surface area contributed by atoms with Crippen LogP contribution in [0.2, 0.25) is 0 Å². The van der Waals surface area contributed by atoms with E-state index in [0.29, 0.717) is 52.2 Å². The first-order chi connectivity index (χ1) is 11.6. The fourth-order valence-corrected chi connectivity index (χ4v) is 4.23. The van der Waals surface area contributed by atoms with Crippen LogP contribution in [0.5, 0.6) is 0 Å². The Hall–Kier alpha value is -2.08. The third kappa shape index (κ3) is 2.20. The van der Waals surface area contributed by atoms with Gasteiger partial charge in [-0.05, 0) is 24.5 Å². The zero-order chi connectivity index (χ0) is 16.7. The molecule has 6 heteroatoms. The van der Waals surface area contributed by atoms with Crippen molar-refractivity contribution in [3.63, 3.8) is 0 Å². The minimum atomic E-state index is -0.451. The van der Waals surface area contributed by atoms with Crippen LogP contribution < -0.4 is 4.90 Å². The number of rotatable bonds is 0. The molecule has 1 aromatic rings. The molecule has 3 aliphatic heterocycles. The molecule has 24 heavy (non-hydrogen) atoms. The van der Waals surface area contributed by atoms with Crippen molar-refractivity contribution in [3.8, 4) is 0 Å². The maximum atomic E-state index is 12.9. The van der Waals surface area contributed by atoms with Crippen molar-refractivity contribution in [3.05, 3.63) is 29.8 Å². The van der Waals surface area contributed by atoms with Gasteiger partial charge < -0.3 is 19.4 Å². The highest BCUT2D eigenvalue weighted by Gasteiger charge is 2.51. The molecule has 4 rings (SSSR count). The average Bonchev–Trinajstić information content (AvgIpc) is 2.85. The van der Waals surface area contributed by atoms with E-state index in [4.69, 9.17) is 4.74 Å². The highest BCUT2D eigenvalue weighted by Crippen LogP contribution is 2.47. The number of morpholine rings is 1. The Morgan fingerprint density at radius 3 is 2.38 bits per heavy atom. The largest absolute Gasteiger partial charge is 0.378 e. The molecule has 0 aliphatic carbocycles. The van der Waals surface area contributed by atoms with Gasteiger partial charge in [-0.3, -0.25) is 4.79 Å². The smallest absolute Gasteiger partial charge is 0.320 e. The number of likely N-dealkylation sites (tertiary alicyclic amines) is 1. The first-order valence-corrected chi connectivity index (χ1v) is 8.63. The molecule has 0 unspecified atom stereocenters. The topological polar surface area (TPSA) is 53.1 Å². The molecule has 1 aromatic carbocycles.